The summed E-state index contributed by atoms with van der Waals surface area (Å²) in [6, 6.07) is 13.3. The molecule has 2 aromatic carbocycles. The van der Waals surface area contributed by atoms with Crippen LogP contribution in [0.1, 0.15) is 21.5 Å². The normalized spacial score (nSPS) is 13.1. The molecular weight excluding hydrogens is 238 g/mol. The van der Waals surface area contributed by atoms with Crippen LogP contribution in [0.15, 0.2) is 42.5 Å². The summed E-state index contributed by atoms with van der Waals surface area (Å²) in [5.74, 6) is 0.695. The fourth-order valence-electron chi connectivity index (χ4n) is 2.26. The quantitative estimate of drug-likeness (QED) is 0.782. The van der Waals surface area contributed by atoms with Gasteiger partial charge >= 0.3 is 0 Å². The van der Waals surface area contributed by atoms with Crippen LogP contribution in [0.2, 0.25) is 0 Å². The van der Waals surface area contributed by atoms with Crippen LogP contribution in [-0.2, 0) is 6.61 Å². The lowest BCUT2D eigenvalue weighted by Gasteiger charge is -2.15. The molecule has 3 rings (SSSR count). The van der Waals surface area contributed by atoms with E-state index in [-0.39, 0.29) is 5.78 Å². The molecule has 0 unspecified atom stereocenters. The maximum atomic E-state index is 12.5. The molecule has 0 bridgehead atoms. The number of ether oxygens (including phenoxy) is 1. The monoisotopic (exact) mass is 253 g/mol. The van der Waals surface area contributed by atoms with Crippen molar-refractivity contribution < 1.29 is 9.53 Å². The predicted molar refractivity (Wildman–Crippen MR) is 75.0 cm³/mol. The lowest BCUT2D eigenvalue weighted by atomic mass is 9.99. The van der Waals surface area contributed by atoms with E-state index in [2.05, 4.69) is 0 Å². The lowest BCUT2D eigenvalue weighted by Crippen LogP contribution is -2.09. The third-order valence-electron chi connectivity index (χ3n) is 3.37. The third kappa shape index (κ3) is 1.97. The van der Waals surface area contributed by atoms with Gasteiger partial charge in [0, 0.05) is 37.0 Å². The minimum Gasteiger partial charge on any atom is -0.488 e. The lowest BCUT2D eigenvalue weighted by molar-refractivity contribution is 0.103. The van der Waals surface area contributed by atoms with Crippen LogP contribution in [0.4, 0.5) is 5.69 Å². The van der Waals surface area contributed by atoms with Crippen molar-refractivity contribution in [3.63, 3.8) is 0 Å². The standard InChI is InChI=1S/C16H15NO2/c1-17(2)12-7-8-14-15(9-12)19-10-11-5-3-4-6-13(11)16(14)18/h3-9H,10H2,1-2H3. The largest absolute Gasteiger partial charge is 0.488 e. The summed E-state index contributed by atoms with van der Waals surface area (Å²) in [6.45, 7) is 0.436. The van der Waals surface area contributed by atoms with E-state index in [1.54, 1.807) is 0 Å². The molecular formula is C16H15NO2. The highest BCUT2D eigenvalue weighted by molar-refractivity contribution is 6.12. The Bertz CT molecular complexity index is 647. The van der Waals surface area contributed by atoms with Gasteiger partial charge in [0.25, 0.3) is 0 Å². The average molecular weight is 253 g/mol. The summed E-state index contributed by atoms with van der Waals surface area (Å²) in [4.78, 5) is 14.5. The van der Waals surface area contributed by atoms with Crippen molar-refractivity contribution in [3.8, 4) is 5.75 Å². The number of rotatable bonds is 1. The molecule has 19 heavy (non-hydrogen) atoms. The molecule has 0 radical (unpaired) electrons. The maximum Gasteiger partial charge on any atom is 0.197 e. The molecule has 0 saturated heterocycles. The van der Waals surface area contributed by atoms with E-state index in [1.165, 1.54) is 0 Å². The molecule has 0 aromatic heterocycles. The molecule has 0 amide bonds. The first kappa shape index (κ1) is 11.8. The first-order chi connectivity index (χ1) is 9.16. The zero-order valence-electron chi connectivity index (χ0n) is 11.0. The van der Waals surface area contributed by atoms with E-state index < -0.39 is 0 Å². The second kappa shape index (κ2) is 4.43. The molecule has 96 valence electrons. The van der Waals surface area contributed by atoms with Gasteiger partial charge in [0.05, 0.1) is 5.56 Å². The van der Waals surface area contributed by atoms with Crippen molar-refractivity contribution in [2.24, 2.45) is 0 Å². The van der Waals surface area contributed by atoms with Crippen LogP contribution >= 0.6 is 0 Å². The van der Waals surface area contributed by atoms with Crippen LogP contribution in [0.3, 0.4) is 0 Å². The van der Waals surface area contributed by atoms with E-state index in [0.717, 1.165) is 16.8 Å². The minimum atomic E-state index is 0.0356. The Balaban J connectivity index is 2.12. The Labute approximate surface area is 112 Å². The molecule has 0 fully saturated rings. The predicted octanol–water partition coefficient (Wildman–Crippen LogP) is 2.88. The maximum absolute atomic E-state index is 12.5. The number of hydrogen-bond donors (Lipinski definition) is 0. The minimum absolute atomic E-state index is 0.0356. The first-order valence-corrected chi connectivity index (χ1v) is 6.23. The molecule has 3 nitrogen and oxygen atoms in total. The second-order valence-electron chi connectivity index (χ2n) is 4.85. The number of nitrogens with zero attached hydrogens (tertiary/aromatic N) is 1. The molecule has 1 heterocycles. The molecule has 2 aromatic rings. The second-order valence-corrected chi connectivity index (χ2v) is 4.85. The Kier molecular flexibility index (Phi) is 2.75. The zero-order valence-corrected chi connectivity index (χ0v) is 11.0. The summed E-state index contributed by atoms with van der Waals surface area (Å²) in [5, 5.41) is 0. The van der Waals surface area contributed by atoms with Crippen molar-refractivity contribution in [2.75, 3.05) is 19.0 Å². The van der Waals surface area contributed by atoms with E-state index in [1.807, 2.05) is 61.5 Å². The summed E-state index contributed by atoms with van der Waals surface area (Å²) in [5.41, 5.74) is 3.34. The zero-order chi connectivity index (χ0) is 13.4. The van der Waals surface area contributed by atoms with Gasteiger partial charge in [-0.3, -0.25) is 4.79 Å². The summed E-state index contributed by atoms with van der Waals surface area (Å²) in [6.07, 6.45) is 0. The van der Waals surface area contributed by atoms with Gasteiger partial charge in [0.15, 0.2) is 5.78 Å². The van der Waals surface area contributed by atoms with E-state index in [9.17, 15) is 4.79 Å². The van der Waals surface area contributed by atoms with Crippen molar-refractivity contribution in [2.45, 2.75) is 6.61 Å². The number of ketones is 1. The van der Waals surface area contributed by atoms with Gasteiger partial charge in [-0.1, -0.05) is 24.3 Å². The van der Waals surface area contributed by atoms with Crippen LogP contribution in [0.5, 0.6) is 5.75 Å². The van der Waals surface area contributed by atoms with E-state index in [4.69, 9.17) is 4.74 Å². The summed E-state index contributed by atoms with van der Waals surface area (Å²) >= 11 is 0. The van der Waals surface area contributed by atoms with Gasteiger partial charge in [-0.2, -0.15) is 0 Å². The molecule has 3 heteroatoms. The topological polar surface area (TPSA) is 29.5 Å². The fraction of sp³-hybridized carbons (Fsp3) is 0.188. The number of carbonyl (C=O) groups is 1. The van der Waals surface area contributed by atoms with Crippen LogP contribution in [0.25, 0.3) is 0 Å². The van der Waals surface area contributed by atoms with Gasteiger partial charge in [-0.15, -0.1) is 0 Å². The number of carbonyl (C=O) groups excluding carboxylic acids is 1. The highest BCUT2D eigenvalue weighted by Crippen LogP contribution is 2.31. The van der Waals surface area contributed by atoms with Crippen LogP contribution < -0.4 is 9.64 Å². The fourth-order valence-corrected chi connectivity index (χ4v) is 2.26. The molecule has 0 spiro atoms. The molecule has 0 N–H and O–H groups in total. The number of hydrogen-bond acceptors (Lipinski definition) is 3. The molecule has 0 atom stereocenters. The highest BCUT2D eigenvalue weighted by atomic mass is 16.5. The Hall–Kier alpha value is -2.29. The molecule has 0 aliphatic carbocycles. The average Bonchev–Trinajstić information content (AvgIpc) is 2.57. The smallest absolute Gasteiger partial charge is 0.197 e. The van der Waals surface area contributed by atoms with Crippen LogP contribution in [-0.4, -0.2) is 19.9 Å². The SMILES string of the molecule is CN(C)c1ccc2c(c1)OCc1ccccc1C2=O. The first-order valence-electron chi connectivity index (χ1n) is 6.23. The van der Waals surface area contributed by atoms with Gasteiger partial charge in [0.1, 0.15) is 12.4 Å². The number of benzene rings is 2. The van der Waals surface area contributed by atoms with Gasteiger partial charge in [-0.25, -0.2) is 0 Å². The molecule has 1 aliphatic rings. The van der Waals surface area contributed by atoms with Crippen LogP contribution in [0, 0.1) is 0 Å². The molecule has 1 aliphatic heterocycles. The van der Waals surface area contributed by atoms with E-state index >= 15 is 0 Å². The Morgan fingerprint density at radius 2 is 1.84 bits per heavy atom. The third-order valence-corrected chi connectivity index (χ3v) is 3.37. The van der Waals surface area contributed by atoms with Gasteiger partial charge in [-0.05, 0) is 12.1 Å². The van der Waals surface area contributed by atoms with Crippen molar-refractivity contribution >= 4 is 11.5 Å². The van der Waals surface area contributed by atoms with E-state index in [0.29, 0.717) is 17.9 Å². The Morgan fingerprint density at radius 3 is 2.63 bits per heavy atom. The van der Waals surface area contributed by atoms with Gasteiger partial charge in [0.2, 0.25) is 0 Å². The Morgan fingerprint density at radius 1 is 1.05 bits per heavy atom. The summed E-state index contributed by atoms with van der Waals surface area (Å²) in [7, 11) is 3.93. The number of anilines is 1. The summed E-state index contributed by atoms with van der Waals surface area (Å²) < 4.78 is 5.79. The van der Waals surface area contributed by atoms with Gasteiger partial charge < -0.3 is 9.64 Å². The van der Waals surface area contributed by atoms with Crippen molar-refractivity contribution in [1.29, 1.82) is 0 Å². The highest BCUT2D eigenvalue weighted by Gasteiger charge is 2.22. The molecule has 0 saturated carbocycles. The van der Waals surface area contributed by atoms with Crippen molar-refractivity contribution in [1.82, 2.24) is 0 Å². The number of fused-ring (bicyclic) bond motifs is 2. The van der Waals surface area contributed by atoms with Crippen molar-refractivity contribution in [3.05, 3.63) is 59.2 Å².